The maximum Gasteiger partial charge on any atom is 0.126 e. The fraction of sp³-hybridized carbons (Fsp3) is 0.500. The van der Waals surface area contributed by atoms with E-state index >= 15 is 0 Å². The molecule has 0 bridgehead atoms. The van der Waals surface area contributed by atoms with Gasteiger partial charge in [-0.25, -0.2) is 0 Å². The molecule has 4 heteroatoms. The Morgan fingerprint density at radius 3 is 2.17 bits per heavy atom. The van der Waals surface area contributed by atoms with E-state index in [1.165, 1.54) is 0 Å². The summed E-state index contributed by atoms with van der Waals surface area (Å²) in [5, 5.41) is 0.500. The topological polar surface area (TPSA) is 35.5 Å². The third kappa shape index (κ3) is 3.95. The molecule has 0 aliphatic carbocycles. The summed E-state index contributed by atoms with van der Waals surface area (Å²) in [4.78, 5) is 11.6. The van der Waals surface area contributed by atoms with E-state index in [2.05, 4.69) is 13.8 Å². The van der Waals surface area contributed by atoms with Gasteiger partial charge in [0.15, 0.2) is 0 Å². The number of carbonyl (C=O) groups is 1. The smallest absolute Gasteiger partial charge is 0.126 e. The van der Waals surface area contributed by atoms with Gasteiger partial charge >= 0.3 is 0 Å². The van der Waals surface area contributed by atoms with Crippen LogP contribution in [0.25, 0.3) is 0 Å². The molecule has 0 saturated heterocycles. The van der Waals surface area contributed by atoms with Crippen LogP contribution in [-0.4, -0.2) is 25.8 Å². The highest BCUT2D eigenvalue weighted by molar-refractivity contribution is 7.99. The standard InChI is InChI=1S/C14H20O3S/c1-10(2)18-11-8-13(16-3)12(6-5-7-15)14(9-11)17-4/h7-10H,5-6H2,1-4H3. The summed E-state index contributed by atoms with van der Waals surface area (Å²) in [7, 11) is 3.28. The van der Waals surface area contributed by atoms with E-state index in [1.807, 2.05) is 12.1 Å². The van der Waals surface area contributed by atoms with Crippen LogP contribution >= 0.6 is 11.8 Å². The van der Waals surface area contributed by atoms with Crippen LogP contribution in [0.15, 0.2) is 17.0 Å². The molecule has 1 aromatic carbocycles. The second-order valence-corrected chi connectivity index (χ2v) is 5.83. The first kappa shape index (κ1) is 14.9. The number of carbonyl (C=O) groups excluding carboxylic acids is 1. The van der Waals surface area contributed by atoms with Crippen molar-refractivity contribution in [1.29, 1.82) is 0 Å². The molecule has 100 valence electrons. The normalized spacial score (nSPS) is 10.5. The Balaban J connectivity index is 3.11. The highest BCUT2D eigenvalue weighted by atomic mass is 32.2. The van der Waals surface area contributed by atoms with Gasteiger partial charge < -0.3 is 14.3 Å². The zero-order chi connectivity index (χ0) is 13.5. The summed E-state index contributed by atoms with van der Waals surface area (Å²) in [6, 6.07) is 4.01. The molecule has 0 heterocycles. The number of rotatable bonds is 7. The molecule has 0 fully saturated rings. The highest BCUT2D eigenvalue weighted by Gasteiger charge is 2.13. The minimum absolute atomic E-state index is 0.476. The van der Waals surface area contributed by atoms with E-state index in [-0.39, 0.29) is 0 Å². The Bertz CT molecular complexity index is 377. The first-order chi connectivity index (χ1) is 8.62. The number of hydrogen-bond donors (Lipinski definition) is 0. The van der Waals surface area contributed by atoms with Gasteiger partial charge in [-0.2, -0.15) is 0 Å². The van der Waals surface area contributed by atoms with Crippen LogP contribution in [-0.2, 0) is 11.2 Å². The Kier molecular flexibility index (Phi) is 6.05. The molecule has 0 spiro atoms. The summed E-state index contributed by atoms with van der Waals surface area (Å²) in [5.74, 6) is 1.58. The van der Waals surface area contributed by atoms with Crippen LogP contribution in [0.3, 0.4) is 0 Å². The van der Waals surface area contributed by atoms with Crippen molar-refractivity contribution in [2.24, 2.45) is 0 Å². The van der Waals surface area contributed by atoms with Gasteiger partial charge in [0, 0.05) is 22.1 Å². The third-order valence-electron chi connectivity index (χ3n) is 2.47. The fourth-order valence-electron chi connectivity index (χ4n) is 1.75. The van der Waals surface area contributed by atoms with E-state index in [9.17, 15) is 4.79 Å². The van der Waals surface area contributed by atoms with Crippen LogP contribution in [0.5, 0.6) is 11.5 Å². The highest BCUT2D eigenvalue weighted by Crippen LogP contribution is 2.36. The van der Waals surface area contributed by atoms with Gasteiger partial charge in [-0.1, -0.05) is 13.8 Å². The van der Waals surface area contributed by atoms with Crippen LogP contribution in [0.1, 0.15) is 25.8 Å². The van der Waals surface area contributed by atoms with Gasteiger partial charge in [0.1, 0.15) is 17.8 Å². The van der Waals surface area contributed by atoms with Crippen molar-refractivity contribution in [3.8, 4) is 11.5 Å². The van der Waals surface area contributed by atoms with Crippen LogP contribution in [0.4, 0.5) is 0 Å². The molecule has 0 saturated carbocycles. The fourth-order valence-corrected chi connectivity index (χ4v) is 2.64. The lowest BCUT2D eigenvalue weighted by atomic mass is 10.1. The number of hydrogen-bond acceptors (Lipinski definition) is 4. The van der Waals surface area contributed by atoms with Crippen molar-refractivity contribution >= 4 is 18.0 Å². The van der Waals surface area contributed by atoms with Gasteiger partial charge in [0.05, 0.1) is 14.2 Å². The Hall–Kier alpha value is -1.16. The number of thioether (sulfide) groups is 1. The molecule has 1 aromatic rings. The molecule has 0 aliphatic heterocycles. The summed E-state index contributed by atoms with van der Waals surface area (Å²) in [6.07, 6.45) is 2.03. The molecule has 0 N–H and O–H groups in total. The van der Waals surface area contributed by atoms with E-state index in [1.54, 1.807) is 26.0 Å². The average Bonchev–Trinajstić information content (AvgIpc) is 2.35. The lowest BCUT2D eigenvalue weighted by molar-refractivity contribution is -0.107. The SMILES string of the molecule is COc1cc(SC(C)C)cc(OC)c1CCC=O. The van der Waals surface area contributed by atoms with Crippen molar-refractivity contribution in [1.82, 2.24) is 0 Å². The largest absolute Gasteiger partial charge is 0.496 e. The van der Waals surface area contributed by atoms with E-state index in [0.29, 0.717) is 18.1 Å². The van der Waals surface area contributed by atoms with Crippen molar-refractivity contribution in [3.63, 3.8) is 0 Å². The van der Waals surface area contributed by atoms with Gasteiger partial charge in [-0.05, 0) is 18.6 Å². The molecule has 0 unspecified atom stereocenters. The molecule has 1 rings (SSSR count). The van der Waals surface area contributed by atoms with Gasteiger partial charge in [0.25, 0.3) is 0 Å². The van der Waals surface area contributed by atoms with Crippen LogP contribution in [0, 0.1) is 0 Å². The zero-order valence-electron chi connectivity index (χ0n) is 11.4. The zero-order valence-corrected chi connectivity index (χ0v) is 12.2. The van der Waals surface area contributed by atoms with Gasteiger partial charge in [0.2, 0.25) is 0 Å². The first-order valence-electron chi connectivity index (χ1n) is 5.97. The Morgan fingerprint density at radius 1 is 1.22 bits per heavy atom. The van der Waals surface area contributed by atoms with E-state index in [4.69, 9.17) is 9.47 Å². The molecular weight excluding hydrogens is 248 g/mol. The monoisotopic (exact) mass is 268 g/mol. The molecule has 0 aromatic heterocycles. The second kappa shape index (κ2) is 7.31. The lowest BCUT2D eigenvalue weighted by Crippen LogP contribution is -1.99. The molecular formula is C14H20O3S. The molecule has 0 radical (unpaired) electrons. The van der Waals surface area contributed by atoms with Crippen LogP contribution < -0.4 is 9.47 Å². The van der Waals surface area contributed by atoms with Crippen molar-refractivity contribution in [3.05, 3.63) is 17.7 Å². The van der Waals surface area contributed by atoms with Crippen molar-refractivity contribution in [2.45, 2.75) is 36.8 Å². The minimum Gasteiger partial charge on any atom is -0.496 e. The third-order valence-corrected chi connectivity index (χ3v) is 3.44. The Morgan fingerprint density at radius 2 is 1.78 bits per heavy atom. The molecule has 0 aliphatic rings. The molecule has 18 heavy (non-hydrogen) atoms. The number of ether oxygens (including phenoxy) is 2. The number of benzene rings is 1. The summed E-state index contributed by atoms with van der Waals surface area (Å²) in [6.45, 7) is 4.29. The molecule has 0 atom stereocenters. The Labute approximate surface area is 113 Å². The summed E-state index contributed by atoms with van der Waals surface area (Å²) in [5.41, 5.74) is 0.959. The second-order valence-electron chi connectivity index (χ2n) is 4.18. The van der Waals surface area contributed by atoms with Gasteiger partial charge in [-0.15, -0.1) is 11.8 Å². The first-order valence-corrected chi connectivity index (χ1v) is 6.85. The molecule has 3 nitrogen and oxygen atoms in total. The minimum atomic E-state index is 0.476. The van der Waals surface area contributed by atoms with Gasteiger partial charge in [-0.3, -0.25) is 0 Å². The van der Waals surface area contributed by atoms with Crippen molar-refractivity contribution < 1.29 is 14.3 Å². The maximum atomic E-state index is 10.5. The van der Waals surface area contributed by atoms with Crippen molar-refractivity contribution in [2.75, 3.05) is 14.2 Å². The summed E-state index contributed by atoms with van der Waals surface area (Å²) >= 11 is 1.76. The maximum absolute atomic E-state index is 10.5. The number of aldehydes is 1. The predicted octanol–water partition coefficient (Wildman–Crippen LogP) is 3.34. The summed E-state index contributed by atoms with van der Waals surface area (Å²) < 4.78 is 10.8. The van der Waals surface area contributed by atoms with E-state index < -0.39 is 0 Å². The quantitative estimate of drug-likeness (QED) is 0.561. The average molecular weight is 268 g/mol. The number of methoxy groups -OCH3 is 2. The molecule has 0 amide bonds. The van der Waals surface area contributed by atoms with E-state index in [0.717, 1.165) is 28.2 Å². The lowest BCUT2D eigenvalue weighted by Gasteiger charge is -2.15. The predicted molar refractivity (Wildman–Crippen MR) is 74.9 cm³/mol. The van der Waals surface area contributed by atoms with Crippen LogP contribution in [0.2, 0.25) is 0 Å².